The molecule has 0 aliphatic heterocycles. The zero-order valence-corrected chi connectivity index (χ0v) is 11.4. The van der Waals surface area contributed by atoms with Gasteiger partial charge < -0.3 is 10.6 Å². The molecule has 11 heteroatoms. The van der Waals surface area contributed by atoms with Crippen molar-refractivity contribution in [2.45, 2.75) is 43.9 Å². The number of hydrogen-bond acceptors (Lipinski definition) is 5. The summed E-state index contributed by atoms with van der Waals surface area (Å²) < 4.78 is 62.7. The van der Waals surface area contributed by atoms with Gasteiger partial charge in [0.2, 0.25) is 17.2 Å². The predicted molar refractivity (Wildman–Crippen MR) is 65.6 cm³/mol. The summed E-state index contributed by atoms with van der Waals surface area (Å²) in [6.07, 6.45) is -5.27. The molecule has 1 atom stereocenters. The summed E-state index contributed by atoms with van der Waals surface area (Å²) in [4.78, 5) is 10.8. The molecule has 0 spiro atoms. The van der Waals surface area contributed by atoms with E-state index < -0.39 is 37.0 Å². The number of nitrogens with one attached hydrogen (secondary N) is 2. The van der Waals surface area contributed by atoms with Gasteiger partial charge in [-0.15, -0.1) is 0 Å². The minimum absolute atomic E-state index is 0.146. The van der Waals surface area contributed by atoms with E-state index in [1.54, 1.807) is 0 Å². The fraction of sp³-hybridized carbons (Fsp3) is 0.700. The molecule has 1 aliphatic carbocycles. The molecule has 1 aliphatic rings. The standard InChI is InChI=1S/C10H11ClF5N5/c1-4(10(14,15)16)17-7-19-6(11)20-8(21-7)18-5-2-9(12,13)3-5/h4-5H,2-3H2,1H3,(H2,17,18,19,20,21)/t4-/m0/s1. The summed E-state index contributed by atoms with van der Waals surface area (Å²) in [6.45, 7) is 0.886. The quantitative estimate of drug-likeness (QED) is 0.830. The molecular formula is C10H11ClF5N5. The van der Waals surface area contributed by atoms with Crippen LogP contribution in [0.2, 0.25) is 5.28 Å². The predicted octanol–water partition coefficient (Wildman–Crippen LogP) is 3.10. The Labute approximate surface area is 121 Å². The molecule has 0 saturated heterocycles. The van der Waals surface area contributed by atoms with Crippen molar-refractivity contribution in [1.82, 2.24) is 15.0 Å². The van der Waals surface area contributed by atoms with E-state index in [4.69, 9.17) is 11.6 Å². The second-order valence-corrected chi connectivity index (χ2v) is 5.10. The molecule has 2 N–H and O–H groups in total. The highest BCUT2D eigenvalue weighted by Crippen LogP contribution is 2.38. The molecule has 1 fully saturated rings. The van der Waals surface area contributed by atoms with Crippen LogP contribution < -0.4 is 10.6 Å². The molecule has 0 radical (unpaired) electrons. The van der Waals surface area contributed by atoms with Crippen LogP contribution in [0, 0.1) is 0 Å². The van der Waals surface area contributed by atoms with E-state index >= 15 is 0 Å². The van der Waals surface area contributed by atoms with Gasteiger partial charge in [-0.2, -0.15) is 28.1 Å². The Kier molecular flexibility index (Phi) is 4.09. The second-order valence-electron chi connectivity index (χ2n) is 4.76. The molecule has 0 aromatic carbocycles. The van der Waals surface area contributed by atoms with E-state index in [1.807, 2.05) is 5.32 Å². The Morgan fingerprint density at radius 3 is 2.29 bits per heavy atom. The first-order valence-electron chi connectivity index (χ1n) is 5.94. The smallest absolute Gasteiger partial charge is 0.351 e. The topological polar surface area (TPSA) is 62.7 Å². The van der Waals surface area contributed by atoms with Crippen molar-refractivity contribution >= 4 is 23.5 Å². The van der Waals surface area contributed by atoms with Gasteiger partial charge in [-0.3, -0.25) is 0 Å². The SMILES string of the molecule is C[C@H](Nc1nc(Cl)nc(NC2CC(F)(F)C2)n1)C(F)(F)F. The summed E-state index contributed by atoms with van der Waals surface area (Å²) in [6, 6.07) is -2.44. The third-order valence-electron chi connectivity index (χ3n) is 2.87. The molecule has 1 heterocycles. The Morgan fingerprint density at radius 1 is 1.19 bits per heavy atom. The Bertz CT molecular complexity index is 515. The first-order chi connectivity index (χ1) is 9.55. The molecule has 21 heavy (non-hydrogen) atoms. The van der Waals surface area contributed by atoms with Gasteiger partial charge in [-0.1, -0.05) is 0 Å². The first kappa shape index (κ1) is 15.9. The van der Waals surface area contributed by atoms with Gasteiger partial charge in [0.25, 0.3) is 5.92 Å². The lowest BCUT2D eigenvalue weighted by Gasteiger charge is -2.35. The summed E-state index contributed by atoms with van der Waals surface area (Å²) in [5, 5.41) is 4.27. The number of halogens is 6. The van der Waals surface area contributed by atoms with Gasteiger partial charge in [0.15, 0.2) is 0 Å². The molecule has 0 bridgehead atoms. The maximum absolute atomic E-state index is 12.7. The third-order valence-corrected chi connectivity index (χ3v) is 3.04. The number of nitrogens with zero attached hydrogens (tertiary/aromatic N) is 3. The Balaban J connectivity index is 2.04. The fourth-order valence-electron chi connectivity index (χ4n) is 1.70. The van der Waals surface area contributed by atoms with Crippen molar-refractivity contribution in [3.05, 3.63) is 5.28 Å². The van der Waals surface area contributed by atoms with Crippen molar-refractivity contribution in [2.75, 3.05) is 10.6 Å². The lowest BCUT2D eigenvalue weighted by Crippen LogP contribution is -2.44. The highest BCUT2D eigenvalue weighted by Gasteiger charge is 2.45. The fourth-order valence-corrected chi connectivity index (χ4v) is 1.86. The summed E-state index contributed by atoms with van der Waals surface area (Å²) >= 11 is 5.58. The largest absolute Gasteiger partial charge is 0.408 e. The van der Waals surface area contributed by atoms with Crippen LogP contribution in [-0.4, -0.2) is 39.1 Å². The van der Waals surface area contributed by atoms with E-state index in [-0.39, 0.29) is 17.2 Å². The average Bonchev–Trinajstić information content (AvgIpc) is 2.23. The van der Waals surface area contributed by atoms with Crippen molar-refractivity contribution in [2.24, 2.45) is 0 Å². The van der Waals surface area contributed by atoms with Crippen molar-refractivity contribution in [1.29, 1.82) is 0 Å². The van der Waals surface area contributed by atoms with Crippen LogP contribution in [0.5, 0.6) is 0 Å². The Morgan fingerprint density at radius 2 is 1.76 bits per heavy atom. The minimum atomic E-state index is -4.48. The van der Waals surface area contributed by atoms with Crippen LogP contribution in [0.4, 0.5) is 33.8 Å². The van der Waals surface area contributed by atoms with Gasteiger partial charge >= 0.3 is 6.18 Å². The molecule has 2 rings (SSSR count). The molecule has 1 aromatic heterocycles. The van der Waals surface area contributed by atoms with E-state index in [9.17, 15) is 22.0 Å². The molecule has 0 amide bonds. The van der Waals surface area contributed by atoms with Crippen LogP contribution in [0.15, 0.2) is 0 Å². The van der Waals surface area contributed by atoms with Gasteiger partial charge in [0.1, 0.15) is 6.04 Å². The number of alkyl halides is 5. The van der Waals surface area contributed by atoms with Crippen LogP contribution in [0.3, 0.4) is 0 Å². The van der Waals surface area contributed by atoms with Crippen LogP contribution >= 0.6 is 11.6 Å². The number of anilines is 2. The average molecular weight is 332 g/mol. The van der Waals surface area contributed by atoms with E-state index in [0.29, 0.717) is 0 Å². The van der Waals surface area contributed by atoms with Crippen LogP contribution in [-0.2, 0) is 0 Å². The molecule has 5 nitrogen and oxygen atoms in total. The lowest BCUT2D eigenvalue weighted by molar-refractivity contribution is -0.138. The summed E-state index contributed by atoms with van der Waals surface area (Å²) in [5.41, 5.74) is 0. The summed E-state index contributed by atoms with van der Waals surface area (Å²) in [5.74, 6) is -3.26. The van der Waals surface area contributed by atoms with Crippen LogP contribution in [0.25, 0.3) is 0 Å². The monoisotopic (exact) mass is 331 g/mol. The van der Waals surface area contributed by atoms with Gasteiger partial charge in [-0.05, 0) is 18.5 Å². The Hall–Kier alpha value is -1.45. The van der Waals surface area contributed by atoms with Gasteiger partial charge in [-0.25, -0.2) is 8.78 Å². The zero-order valence-electron chi connectivity index (χ0n) is 10.7. The maximum Gasteiger partial charge on any atom is 0.408 e. The van der Waals surface area contributed by atoms with E-state index in [0.717, 1.165) is 6.92 Å². The molecule has 1 saturated carbocycles. The van der Waals surface area contributed by atoms with E-state index in [1.165, 1.54) is 0 Å². The molecular weight excluding hydrogens is 321 g/mol. The normalized spacial score (nSPS) is 19.8. The van der Waals surface area contributed by atoms with Crippen molar-refractivity contribution in [3.63, 3.8) is 0 Å². The molecule has 118 valence electrons. The lowest BCUT2D eigenvalue weighted by atomic mass is 9.88. The number of rotatable bonds is 4. The minimum Gasteiger partial charge on any atom is -0.351 e. The highest BCUT2D eigenvalue weighted by molar-refractivity contribution is 6.28. The third kappa shape index (κ3) is 4.26. The van der Waals surface area contributed by atoms with Gasteiger partial charge in [0.05, 0.1) is 0 Å². The molecule has 1 aromatic rings. The van der Waals surface area contributed by atoms with Crippen LogP contribution in [0.1, 0.15) is 19.8 Å². The van der Waals surface area contributed by atoms with Crippen molar-refractivity contribution in [3.8, 4) is 0 Å². The van der Waals surface area contributed by atoms with Gasteiger partial charge in [0, 0.05) is 18.9 Å². The number of hydrogen-bond donors (Lipinski definition) is 2. The summed E-state index contributed by atoms with van der Waals surface area (Å²) in [7, 11) is 0. The van der Waals surface area contributed by atoms with E-state index in [2.05, 4.69) is 20.3 Å². The zero-order chi connectivity index (χ0) is 15.8. The second kappa shape index (κ2) is 5.39. The number of aromatic nitrogens is 3. The maximum atomic E-state index is 12.7. The molecule has 0 unspecified atom stereocenters. The first-order valence-corrected chi connectivity index (χ1v) is 6.32. The van der Waals surface area contributed by atoms with Crippen molar-refractivity contribution < 1.29 is 22.0 Å². The highest BCUT2D eigenvalue weighted by atomic mass is 35.5.